The molecule has 0 aromatic carbocycles. The third-order valence-corrected chi connectivity index (χ3v) is 6.45. The maximum atomic E-state index is 4.83. The van der Waals surface area contributed by atoms with Gasteiger partial charge >= 0.3 is 0 Å². The first kappa shape index (κ1) is 30.1. The highest BCUT2D eigenvalue weighted by molar-refractivity contribution is 5.38. The number of unbranched alkanes of at least 4 members (excludes halogenated alkanes) is 1. The number of hydrogen-bond donors (Lipinski definition) is 1. The topological polar surface area (TPSA) is 41.1 Å². The zero-order chi connectivity index (χ0) is 25.2. The van der Waals surface area contributed by atoms with Crippen molar-refractivity contribution in [1.82, 2.24) is 14.9 Å². The minimum Gasteiger partial charge on any atom is -0.331 e. The minimum atomic E-state index is 0.513. The lowest BCUT2D eigenvalue weighted by molar-refractivity contribution is 0.330. The van der Waals surface area contributed by atoms with Gasteiger partial charge in [0.05, 0.1) is 0 Å². The molecule has 1 fully saturated rings. The van der Waals surface area contributed by atoms with Crippen LogP contribution < -0.4 is 5.32 Å². The van der Waals surface area contributed by atoms with Gasteiger partial charge in [0.25, 0.3) is 0 Å². The Morgan fingerprint density at radius 1 is 1.06 bits per heavy atom. The van der Waals surface area contributed by atoms with Gasteiger partial charge in [-0.15, -0.1) is 0 Å². The first-order chi connectivity index (χ1) is 16.6. The van der Waals surface area contributed by atoms with Crippen LogP contribution in [0.15, 0.2) is 41.6 Å². The molecule has 1 aliphatic heterocycles. The van der Waals surface area contributed by atoms with E-state index >= 15 is 0 Å². The Hall–Kier alpha value is -1.94. The average molecular weight is 469 g/mol. The molecule has 4 nitrogen and oxygen atoms in total. The standard InChI is InChI=1S/C28H46N4.C2H6/c1-6-14-24(8-3)26(16-10-11-19-32-20-12-13-21-32)17-18-29-28-30-23(5)22-27(31-28)25(9-4)15-7-2;1-2/h6,14,17-18,22,25H,7-13,15-16,19-21H2,1-5H3,(H,29,30,31);1-2H3/b14-6-,18-17+,26-24-;. The van der Waals surface area contributed by atoms with Gasteiger partial charge in [0, 0.05) is 23.5 Å². The van der Waals surface area contributed by atoms with Crippen LogP contribution >= 0.6 is 0 Å². The molecule has 34 heavy (non-hydrogen) atoms. The molecule has 1 atom stereocenters. The molecule has 2 rings (SSSR count). The lowest BCUT2D eigenvalue weighted by Gasteiger charge is -2.15. The quantitative estimate of drug-likeness (QED) is 0.219. The monoisotopic (exact) mass is 468 g/mol. The summed E-state index contributed by atoms with van der Waals surface area (Å²) in [5, 5.41) is 3.36. The predicted octanol–water partition coefficient (Wildman–Crippen LogP) is 8.58. The lowest BCUT2D eigenvalue weighted by atomic mass is 9.96. The van der Waals surface area contributed by atoms with Gasteiger partial charge in [-0.3, -0.25) is 0 Å². The second-order valence-corrected chi connectivity index (χ2v) is 9.04. The Morgan fingerprint density at radius 3 is 2.41 bits per heavy atom. The highest BCUT2D eigenvalue weighted by Crippen LogP contribution is 2.24. The zero-order valence-corrected chi connectivity index (χ0v) is 23.3. The van der Waals surface area contributed by atoms with Crippen LogP contribution in [0.4, 0.5) is 5.95 Å². The van der Waals surface area contributed by atoms with Crippen LogP contribution in [0.1, 0.15) is 117 Å². The lowest BCUT2D eigenvalue weighted by Crippen LogP contribution is -2.20. The molecule has 0 spiro atoms. The number of likely N-dealkylation sites (tertiary alicyclic amines) is 1. The molecule has 1 N–H and O–H groups in total. The van der Waals surface area contributed by atoms with Crippen LogP contribution in [0.3, 0.4) is 0 Å². The second-order valence-electron chi connectivity index (χ2n) is 9.04. The Balaban J connectivity index is 0.00000281. The van der Waals surface area contributed by atoms with Crippen LogP contribution in [0.2, 0.25) is 0 Å². The maximum Gasteiger partial charge on any atom is 0.227 e. The van der Waals surface area contributed by atoms with E-state index in [1.54, 1.807) is 0 Å². The predicted molar refractivity (Wildman–Crippen MR) is 150 cm³/mol. The summed E-state index contributed by atoms with van der Waals surface area (Å²) in [4.78, 5) is 12.1. The Labute approximate surface area is 211 Å². The molecule has 1 saturated heterocycles. The molecule has 1 unspecified atom stereocenters. The molecule has 0 saturated carbocycles. The summed E-state index contributed by atoms with van der Waals surface area (Å²) in [6.45, 7) is 18.7. The third kappa shape index (κ3) is 11.0. The molecular formula is C30H52N4. The SMILES string of the molecule is CC.C\C=C/C(CC)=C(\C=C\Nc1nc(C)cc(C(CC)CCC)n1)CCCCN1CCCC1. The van der Waals surface area contributed by atoms with Crippen LogP contribution in [-0.2, 0) is 0 Å². The van der Waals surface area contributed by atoms with Crippen molar-refractivity contribution in [1.29, 1.82) is 0 Å². The van der Waals surface area contributed by atoms with Crippen LogP contribution in [0.25, 0.3) is 0 Å². The number of nitrogens with zero attached hydrogens (tertiary/aromatic N) is 3. The summed E-state index contributed by atoms with van der Waals surface area (Å²) in [6.07, 6.45) is 19.6. The molecule has 192 valence electrons. The number of aryl methyl sites for hydroxylation is 1. The van der Waals surface area contributed by atoms with E-state index in [1.807, 2.05) is 20.0 Å². The number of rotatable bonds is 14. The van der Waals surface area contributed by atoms with Gasteiger partial charge in [-0.2, -0.15) is 0 Å². The molecule has 4 heteroatoms. The van der Waals surface area contributed by atoms with Crippen molar-refractivity contribution in [3.63, 3.8) is 0 Å². The second kappa shape index (κ2) is 18.4. The summed E-state index contributed by atoms with van der Waals surface area (Å²) >= 11 is 0. The van der Waals surface area contributed by atoms with Crippen molar-refractivity contribution in [2.24, 2.45) is 0 Å². The molecule has 0 aliphatic carbocycles. The summed E-state index contributed by atoms with van der Waals surface area (Å²) in [6, 6.07) is 2.14. The van der Waals surface area contributed by atoms with E-state index < -0.39 is 0 Å². The van der Waals surface area contributed by atoms with E-state index in [4.69, 9.17) is 4.98 Å². The highest BCUT2D eigenvalue weighted by Gasteiger charge is 2.12. The van der Waals surface area contributed by atoms with Crippen LogP contribution in [0.5, 0.6) is 0 Å². The first-order valence-corrected chi connectivity index (χ1v) is 14.0. The van der Waals surface area contributed by atoms with Gasteiger partial charge in [0.2, 0.25) is 5.95 Å². The van der Waals surface area contributed by atoms with E-state index in [1.165, 1.54) is 75.0 Å². The number of hydrogen-bond acceptors (Lipinski definition) is 4. The van der Waals surface area contributed by atoms with Crippen molar-refractivity contribution in [2.75, 3.05) is 25.0 Å². The van der Waals surface area contributed by atoms with E-state index in [-0.39, 0.29) is 0 Å². The van der Waals surface area contributed by atoms with Crippen LogP contribution in [0, 0.1) is 6.92 Å². The van der Waals surface area contributed by atoms with E-state index in [9.17, 15) is 0 Å². The van der Waals surface area contributed by atoms with Gasteiger partial charge in [-0.25, -0.2) is 9.97 Å². The van der Waals surface area contributed by atoms with Gasteiger partial charge in [-0.1, -0.05) is 53.2 Å². The Bertz CT molecular complexity index is 757. The highest BCUT2D eigenvalue weighted by atomic mass is 15.1. The molecule has 1 aromatic heterocycles. The Morgan fingerprint density at radius 2 is 1.79 bits per heavy atom. The van der Waals surface area contributed by atoms with Gasteiger partial charge in [0.15, 0.2) is 0 Å². The fourth-order valence-corrected chi connectivity index (χ4v) is 4.65. The van der Waals surface area contributed by atoms with Crippen molar-refractivity contribution in [2.45, 2.75) is 112 Å². The van der Waals surface area contributed by atoms with E-state index in [0.717, 1.165) is 25.0 Å². The molecule has 0 bridgehead atoms. The fourth-order valence-electron chi connectivity index (χ4n) is 4.65. The number of allylic oxidation sites excluding steroid dienone is 5. The zero-order valence-electron chi connectivity index (χ0n) is 23.3. The molecule has 0 radical (unpaired) electrons. The maximum absolute atomic E-state index is 4.83. The van der Waals surface area contributed by atoms with Gasteiger partial charge in [-0.05, 0) is 108 Å². The summed E-state index contributed by atoms with van der Waals surface area (Å²) in [5.74, 6) is 1.22. The van der Waals surface area contributed by atoms with E-state index in [0.29, 0.717) is 11.9 Å². The third-order valence-electron chi connectivity index (χ3n) is 6.45. The molecule has 1 aliphatic rings. The van der Waals surface area contributed by atoms with Crippen molar-refractivity contribution < 1.29 is 0 Å². The summed E-state index contributed by atoms with van der Waals surface area (Å²) in [7, 11) is 0. The largest absolute Gasteiger partial charge is 0.331 e. The fraction of sp³-hybridized carbons (Fsp3) is 0.667. The van der Waals surface area contributed by atoms with Crippen molar-refractivity contribution in [3.05, 3.63) is 53.0 Å². The van der Waals surface area contributed by atoms with E-state index in [2.05, 4.69) is 74.1 Å². The summed E-state index contributed by atoms with van der Waals surface area (Å²) < 4.78 is 0. The average Bonchev–Trinajstić information content (AvgIpc) is 3.37. The number of nitrogens with one attached hydrogen (secondary N) is 1. The molecule has 1 aromatic rings. The van der Waals surface area contributed by atoms with Gasteiger partial charge in [0.1, 0.15) is 0 Å². The van der Waals surface area contributed by atoms with Crippen molar-refractivity contribution in [3.8, 4) is 0 Å². The number of aromatic nitrogens is 2. The normalized spacial score (nSPS) is 16.0. The van der Waals surface area contributed by atoms with Crippen molar-refractivity contribution >= 4 is 5.95 Å². The molecular weight excluding hydrogens is 416 g/mol. The number of anilines is 1. The van der Waals surface area contributed by atoms with Crippen LogP contribution in [-0.4, -0.2) is 34.5 Å². The smallest absolute Gasteiger partial charge is 0.227 e. The minimum absolute atomic E-state index is 0.513. The summed E-state index contributed by atoms with van der Waals surface area (Å²) in [5.41, 5.74) is 5.04. The molecule has 0 amide bonds. The molecule has 2 heterocycles. The first-order valence-electron chi connectivity index (χ1n) is 14.0. The Kier molecular flexibility index (Phi) is 16.3. The van der Waals surface area contributed by atoms with Gasteiger partial charge < -0.3 is 10.2 Å².